The number of benzene rings is 2. The molecule has 21 heavy (non-hydrogen) atoms. The molecule has 0 spiro atoms. The second kappa shape index (κ2) is 8.38. The maximum Gasteiger partial charge on any atom is 2.00 e. The first-order chi connectivity index (χ1) is 9.43. The van der Waals surface area contributed by atoms with Gasteiger partial charge in [0.1, 0.15) is 0 Å². The molecular weight excluding hydrogens is 292 g/mol. The molecule has 2 aromatic carbocycles. The molecule has 0 aliphatic rings. The lowest BCUT2D eigenvalue weighted by Gasteiger charge is -2.07. The van der Waals surface area contributed by atoms with Gasteiger partial charge in [0, 0.05) is 0 Å². The van der Waals surface area contributed by atoms with Crippen molar-refractivity contribution < 1.29 is 30.0 Å². The quantitative estimate of drug-likeness (QED) is 0.781. The molecule has 0 saturated carbocycles. The normalized spacial score (nSPS) is 8.76. The average Bonchev–Trinajstić information content (AvgIpc) is 2.40. The van der Waals surface area contributed by atoms with E-state index in [4.69, 9.17) is 10.2 Å². The Morgan fingerprint density at radius 3 is 1.19 bits per heavy atom. The predicted octanol–water partition coefficient (Wildman–Crippen LogP) is 0.536. The molecule has 0 fully saturated rings. The van der Waals surface area contributed by atoms with Gasteiger partial charge in [0.2, 0.25) is 0 Å². The zero-order valence-corrected chi connectivity index (χ0v) is 11.6. The summed E-state index contributed by atoms with van der Waals surface area (Å²) in [5.74, 6) is -3.25. The summed E-state index contributed by atoms with van der Waals surface area (Å²) in [6.07, 6.45) is 0. The Morgan fingerprint density at radius 1 is 0.714 bits per heavy atom. The van der Waals surface area contributed by atoms with Crippen molar-refractivity contribution >= 4 is 22.9 Å². The Morgan fingerprint density at radius 2 is 1.00 bits per heavy atom. The molecule has 106 valence electrons. The number of carbonyl (C=O) groups is 2. The van der Waals surface area contributed by atoms with Crippen LogP contribution in [0.5, 0.6) is 11.5 Å². The van der Waals surface area contributed by atoms with E-state index in [2.05, 4.69) is 0 Å². The molecule has 6 nitrogen and oxygen atoms in total. The van der Waals surface area contributed by atoms with Crippen LogP contribution in [0.25, 0.3) is 0 Å². The second-order valence-electron chi connectivity index (χ2n) is 3.60. The summed E-state index contributed by atoms with van der Waals surface area (Å²) in [7, 11) is 0. The Bertz CT molecular complexity index is 571. The van der Waals surface area contributed by atoms with E-state index >= 15 is 0 Å². The van der Waals surface area contributed by atoms with Gasteiger partial charge in [-0.15, -0.1) is 0 Å². The van der Waals surface area contributed by atoms with Gasteiger partial charge in [-0.2, -0.15) is 0 Å². The summed E-state index contributed by atoms with van der Waals surface area (Å²) in [5.41, 5.74) is -0.356. The van der Waals surface area contributed by atoms with E-state index in [1.165, 1.54) is 48.5 Å². The third-order valence-electron chi connectivity index (χ3n) is 2.23. The van der Waals surface area contributed by atoms with Crippen molar-refractivity contribution in [2.75, 3.05) is 0 Å². The van der Waals surface area contributed by atoms with Gasteiger partial charge in [0.25, 0.3) is 0 Å². The highest BCUT2D eigenvalue weighted by atomic mass is 28.1. The zero-order valence-electron chi connectivity index (χ0n) is 10.6. The Balaban J connectivity index is 0.000000364. The first-order valence-electron chi connectivity index (χ1n) is 5.42. The first-order valence-corrected chi connectivity index (χ1v) is 5.42. The van der Waals surface area contributed by atoms with Gasteiger partial charge in [-0.1, -0.05) is 47.9 Å². The van der Waals surface area contributed by atoms with Crippen LogP contribution in [0.15, 0.2) is 48.5 Å². The fourth-order valence-electron chi connectivity index (χ4n) is 1.29. The van der Waals surface area contributed by atoms with Crippen LogP contribution in [-0.2, 0) is 0 Å². The van der Waals surface area contributed by atoms with Gasteiger partial charge in [-0.25, -0.2) is 9.59 Å². The predicted molar refractivity (Wildman–Crippen MR) is 71.4 cm³/mol. The van der Waals surface area contributed by atoms with Gasteiger partial charge in [0.05, 0.1) is 11.1 Å². The van der Waals surface area contributed by atoms with Crippen molar-refractivity contribution in [3.8, 4) is 11.5 Å². The Labute approximate surface area is 124 Å². The van der Waals surface area contributed by atoms with E-state index in [0.29, 0.717) is 0 Å². The zero-order chi connectivity index (χ0) is 15.1. The van der Waals surface area contributed by atoms with Crippen LogP contribution in [0.2, 0.25) is 0 Å². The number of hydrogen-bond acceptors (Lipinski definition) is 4. The van der Waals surface area contributed by atoms with Crippen LogP contribution in [0, 0.1) is 0 Å². The molecule has 0 aromatic heterocycles. The average molecular weight is 302 g/mol. The van der Waals surface area contributed by atoms with E-state index in [9.17, 15) is 19.8 Å². The monoisotopic (exact) mass is 302 g/mol. The molecule has 2 radical (unpaired) electrons. The minimum atomic E-state index is -1.18. The van der Waals surface area contributed by atoms with E-state index in [1.807, 2.05) is 0 Å². The number of rotatable bonds is 2. The van der Waals surface area contributed by atoms with Crippen molar-refractivity contribution in [2.24, 2.45) is 0 Å². The Hall–Kier alpha value is -2.80. The molecule has 2 N–H and O–H groups in total. The molecule has 0 amide bonds. The van der Waals surface area contributed by atoms with Crippen molar-refractivity contribution in [2.45, 2.75) is 0 Å². The molecule has 2 rings (SSSR count). The lowest BCUT2D eigenvalue weighted by Crippen LogP contribution is -2.02. The molecule has 0 saturated heterocycles. The summed E-state index contributed by atoms with van der Waals surface area (Å²) < 4.78 is 0. The van der Waals surface area contributed by atoms with Gasteiger partial charge < -0.3 is 20.4 Å². The van der Waals surface area contributed by atoms with E-state index in [0.717, 1.165) is 0 Å². The fraction of sp³-hybridized carbons (Fsp3) is 0. The van der Waals surface area contributed by atoms with Crippen LogP contribution in [0.3, 0.4) is 0 Å². The fourth-order valence-corrected chi connectivity index (χ4v) is 1.29. The molecule has 2 aromatic rings. The summed E-state index contributed by atoms with van der Waals surface area (Å²) in [6, 6.07) is 11.1. The lowest BCUT2D eigenvalue weighted by molar-refractivity contribution is -0.269. The number of para-hydroxylation sites is 2. The standard InChI is InChI=1S/2C7H6O3.Si/c2*8-6-4-2-1-3-5(6)7(9)10;/h2*1-4,8H,(H,9,10);/q;;+2/p-2. The Kier molecular flexibility index (Phi) is 7.26. The van der Waals surface area contributed by atoms with Crippen LogP contribution < -0.4 is 10.2 Å². The molecule has 0 atom stereocenters. The number of carboxylic acid groups (broad SMARTS) is 2. The van der Waals surface area contributed by atoms with Crippen LogP contribution in [0.4, 0.5) is 0 Å². The topological polar surface area (TPSA) is 121 Å². The molecule has 0 aliphatic heterocycles. The summed E-state index contributed by atoms with van der Waals surface area (Å²) >= 11 is 0. The maximum atomic E-state index is 10.7. The molecule has 0 bridgehead atoms. The summed E-state index contributed by atoms with van der Waals surface area (Å²) in [5, 5.41) is 38.1. The minimum Gasteiger partial charge on any atom is -0.872 e. The lowest BCUT2D eigenvalue weighted by atomic mass is 10.2. The smallest absolute Gasteiger partial charge is 0.872 e. The molecule has 7 heteroatoms. The van der Waals surface area contributed by atoms with E-state index in [1.54, 1.807) is 0 Å². The SMILES string of the molecule is O=C(O)c1ccccc1[O-].O=C(O)c1ccccc1[O-].[Si+2]. The molecule has 0 unspecified atom stereocenters. The molecule has 0 aliphatic carbocycles. The first kappa shape index (κ1) is 18.2. The third-order valence-corrected chi connectivity index (χ3v) is 2.23. The number of aromatic carboxylic acids is 2. The largest absolute Gasteiger partial charge is 2.00 e. The highest BCUT2D eigenvalue weighted by Gasteiger charge is 2.00. The van der Waals surface area contributed by atoms with Crippen molar-refractivity contribution in [1.29, 1.82) is 0 Å². The highest BCUT2D eigenvalue weighted by Crippen LogP contribution is 2.11. The van der Waals surface area contributed by atoms with Crippen LogP contribution >= 0.6 is 0 Å². The minimum absolute atomic E-state index is 0. The highest BCUT2D eigenvalue weighted by molar-refractivity contribution is 5.90. The second-order valence-corrected chi connectivity index (χ2v) is 3.60. The third kappa shape index (κ3) is 5.37. The van der Waals surface area contributed by atoms with E-state index < -0.39 is 23.4 Å². The maximum absolute atomic E-state index is 10.7. The van der Waals surface area contributed by atoms with Crippen molar-refractivity contribution in [1.82, 2.24) is 0 Å². The summed E-state index contributed by atoms with van der Waals surface area (Å²) in [4.78, 5) is 20.4. The van der Waals surface area contributed by atoms with Crippen molar-refractivity contribution in [3.05, 3.63) is 59.7 Å². The van der Waals surface area contributed by atoms with Crippen molar-refractivity contribution in [3.63, 3.8) is 0 Å². The van der Waals surface area contributed by atoms with E-state index in [-0.39, 0.29) is 22.1 Å². The number of carboxylic acids is 2. The van der Waals surface area contributed by atoms with Gasteiger partial charge >= 0.3 is 22.9 Å². The van der Waals surface area contributed by atoms with Gasteiger partial charge in [0.15, 0.2) is 0 Å². The molecular formula is C14H10O6Si. The van der Waals surface area contributed by atoms with Crippen LogP contribution in [-0.4, -0.2) is 33.1 Å². The van der Waals surface area contributed by atoms with Gasteiger partial charge in [-0.3, -0.25) is 0 Å². The summed E-state index contributed by atoms with van der Waals surface area (Å²) in [6.45, 7) is 0. The van der Waals surface area contributed by atoms with Crippen LogP contribution in [0.1, 0.15) is 20.7 Å². The molecule has 0 heterocycles. The number of hydrogen-bond donors (Lipinski definition) is 2. The van der Waals surface area contributed by atoms with Gasteiger partial charge in [-0.05, 0) is 12.1 Å².